The first kappa shape index (κ1) is 12.5. The molecular weight excluding hydrogens is 209 g/mol. The van der Waals surface area contributed by atoms with E-state index in [0.29, 0.717) is 0 Å². The Bertz CT molecular complexity index is 261. The maximum Gasteiger partial charge on any atom is 0.286 e. The molecule has 0 aromatic heterocycles. The number of hydrogen-bond acceptors (Lipinski definition) is 6. The molecule has 0 bridgehead atoms. The normalized spacial score (nSPS) is 46.5. The molecule has 0 spiro atoms. The molecule has 5 N–H and O–H groups in total. The maximum absolute atomic E-state index is 13.9. The fourth-order valence-corrected chi connectivity index (χ4v) is 1.48. The summed E-state index contributed by atoms with van der Waals surface area (Å²) < 4.78 is 18.4. The van der Waals surface area contributed by atoms with Gasteiger partial charge in [-0.2, -0.15) is 0 Å². The second kappa shape index (κ2) is 4.11. The van der Waals surface area contributed by atoms with E-state index in [0.717, 1.165) is 6.92 Å². The number of halogens is 1. The van der Waals surface area contributed by atoms with Gasteiger partial charge in [-0.25, -0.2) is 4.39 Å². The first-order chi connectivity index (χ1) is 6.84. The van der Waals surface area contributed by atoms with E-state index in [4.69, 9.17) is 10.8 Å². The van der Waals surface area contributed by atoms with Crippen LogP contribution in [0.4, 0.5) is 4.39 Å². The van der Waals surface area contributed by atoms with Crippen LogP contribution in [0.5, 0.6) is 0 Å². The highest BCUT2D eigenvalue weighted by molar-refractivity contribution is 5.84. The van der Waals surface area contributed by atoms with Gasteiger partial charge in [-0.3, -0.25) is 4.79 Å². The number of aliphatic hydroxyl groups is 3. The molecule has 0 radical (unpaired) electrons. The van der Waals surface area contributed by atoms with Crippen molar-refractivity contribution in [2.24, 2.45) is 5.73 Å². The predicted octanol–water partition coefficient (Wildman–Crippen LogP) is -2.32. The Kier molecular flexibility index (Phi) is 3.41. The average Bonchev–Trinajstić information content (AvgIpc) is 2.20. The van der Waals surface area contributed by atoms with Gasteiger partial charge in [0.2, 0.25) is 0 Å². The fraction of sp³-hybridized carbons (Fsp3) is 0.875. The van der Waals surface area contributed by atoms with Crippen LogP contribution in [-0.4, -0.2) is 57.9 Å². The van der Waals surface area contributed by atoms with Crippen molar-refractivity contribution in [1.82, 2.24) is 0 Å². The van der Waals surface area contributed by atoms with Crippen LogP contribution in [-0.2, 0) is 9.53 Å². The van der Waals surface area contributed by atoms with E-state index in [-0.39, 0.29) is 0 Å². The summed E-state index contributed by atoms with van der Waals surface area (Å²) in [5, 5.41) is 27.5. The van der Waals surface area contributed by atoms with Crippen LogP contribution < -0.4 is 5.73 Å². The molecule has 1 rings (SSSR count). The van der Waals surface area contributed by atoms with Crippen LogP contribution in [0, 0.1) is 0 Å². The Morgan fingerprint density at radius 1 is 1.53 bits per heavy atom. The molecule has 1 fully saturated rings. The second-order valence-corrected chi connectivity index (χ2v) is 3.55. The quantitative estimate of drug-likeness (QED) is 0.418. The van der Waals surface area contributed by atoms with E-state index in [1.165, 1.54) is 0 Å². The summed E-state index contributed by atoms with van der Waals surface area (Å²) >= 11 is 0. The molecule has 88 valence electrons. The summed E-state index contributed by atoms with van der Waals surface area (Å²) in [6, 6.07) is -1.67. The van der Waals surface area contributed by atoms with E-state index in [1.54, 1.807) is 0 Å². The highest BCUT2D eigenvalue weighted by Gasteiger charge is 2.56. The zero-order chi connectivity index (χ0) is 11.8. The van der Waals surface area contributed by atoms with Gasteiger partial charge in [0.25, 0.3) is 5.85 Å². The Balaban J connectivity index is 2.97. The molecule has 1 heterocycles. The second-order valence-electron chi connectivity index (χ2n) is 3.55. The number of rotatable bonds is 2. The van der Waals surface area contributed by atoms with Gasteiger partial charge >= 0.3 is 0 Å². The number of nitrogens with two attached hydrogens (primary N) is 1. The zero-order valence-electron chi connectivity index (χ0n) is 8.13. The molecule has 0 aliphatic carbocycles. The summed E-state index contributed by atoms with van der Waals surface area (Å²) in [4.78, 5) is 11.0. The standard InChI is InChI=1S/C8H14FNO5/c1-3(12)8(9)7(10)6(14)5(13)4(2-11)15-8/h4-7,11,13-14H,2,10H2,1H3/t4-,5-,6+,7-,8?/m1/s1. The molecule has 7 heteroatoms. The lowest BCUT2D eigenvalue weighted by atomic mass is 9.90. The number of Topliss-reactive ketones (excluding diaryl/α,β-unsaturated/α-hetero) is 1. The highest BCUT2D eigenvalue weighted by atomic mass is 19.2. The number of aliphatic hydroxyl groups excluding tert-OH is 3. The number of carbonyl (C=O) groups is 1. The summed E-state index contributed by atoms with van der Waals surface area (Å²) in [6.07, 6.45) is -4.55. The van der Waals surface area contributed by atoms with Crippen LogP contribution >= 0.6 is 0 Å². The minimum atomic E-state index is -2.87. The molecule has 0 aromatic carbocycles. The van der Waals surface area contributed by atoms with Crippen molar-refractivity contribution in [3.63, 3.8) is 0 Å². The van der Waals surface area contributed by atoms with E-state index in [2.05, 4.69) is 4.74 Å². The number of alkyl halides is 1. The van der Waals surface area contributed by atoms with Gasteiger partial charge in [-0.15, -0.1) is 0 Å². The Morgan fingerprint density at radius 2 is 2.07 bits per heavy atom. The van der Waals surface area contributed by atoms with Crippen LogP contribution in [0.3, 0.4) is 0 Å². The van der Waals surface area contributed by atoms with Gasteiger partial charge in [0.1, 0.15) is 24.4 Å². The van der Waals surface area contributed by atoms with Gasteiger partial charge in [0.05, 0.1) is 6.61 Å². The lowest BCUT2D eigenvalue weighted by molar-refractivity contribution is -0.268. The lowest BCUT2D eigenvalue weighted by Crippen LogP contribution is -2.68. The molecular formula is C8H14FNO5. The van der Waals surface area contributed by atoms with Crippen molar-refractivity contribution in [3.05, 3.63) is 0 Å². The summed E-state index contributed by atoms with van der Waals surface area (Å²) in [7, 11) is 0. The molecule has 1 aliphatic rings. The minimum Gasteiger partial charge on any atom is -0.394 e. The average molecular weight is 223 g/mol. The van der Waals surface area contributed by atoms with Gasteiger partial charge < -0.3 is 25.8 Å². The van der Waals surface area contributed by atoms with Crippen molar-refractivity contribution >= 4 is 5.78 Å². The zero-order valence-corrected chi connectivity index (χ0v) is 8.13. The molecule has 0 saturated carbocycles. The van der Waals surface area contributed by atoms with Crippen molar-refractivity contribution in [1.29, 1.82) is 0 Å². The van der Waals surface area contributed by atoms with Crippen molar-refractivity contribution in [2.75, 3.05) is 6.61 Å². The van der Waals surface area contributed by atoms with Crippen molar-refractivity contribution in [2.45, 2.75) is 37.1 Å². The topological polar surface area (TPSA) is 113 Å². The number of ketones is 1. The largest absolute Gasteiger partial charge is 0.394 e. The van der Waals surface area contributed by atoms with Gasteiger partial charge in [0.15, 0.2) is 5.78 Å². The monoisotopic (exact) mass is 223 g/mol. The first-order valence-electron chi connectivity index (χ1n) is 4.45. The Labute approximate surface area is 85.5 Å². The Morgan fingerprint density at radius 3 is 2.47 bits per heavy atom. The van der Waals surface area contributed by atoms with Gasteiger partial charge in [-0.1, -0.05) is 0 Å². The number of ether oxygens (including phenoxy) is 1. The first-order valence-corrected chi connectivity index (χ1v) is 4.45. The van der Waals surface area contributed by atoms with Crippen molar-refractivity contribution in [3.8, 4) is 0 Å². The maximum atomic E-state index is 13.9. The van der Waals surface area contributed by atoms with Crippen LogP contribution in [0.25, 0.3) is 0 Å². The number of hydrogen-bond donors (Lipinski definition) is 4. The molecule has 6 nitrogen and oxygen atoms in total. The smallest absolute Gasteiger partial charge is 0.286 e. The third kappa shape index (κ3) is 1.88. The van der Waals surface area contributed by atoms with Crippen LogP contribution in [0.1, 0.15) is 6.92 Å². The summed E-state index contributed by atoms with van der Waals surface area (Å²) in [5.74, 6) is -3.88. The predicted molar refractivity (Wildman–Crippen MR) is 46.5 cm³/mol. The molecule has 1 unspecified atom stereocenters. The third-order valence-corrected chi connectivity index (χ3v) is 2.51. The van der Waals surface area contributed by atoms with E-state index in [9.17, 15) is 19.4 Å². The molecule has 1 saturated heterocycles. The fourth-order valence-electron chi connectivity index (χ4n) is 1.48. The van der Waals surface area contributed by atoms with Gasteiger partial charge in [-0.05, 0) is 0 Å². The van der Waals surface area contributed by atoms with E-state index >= 15 is 0 Å². The third-order valence-electron chi connectivity index (χ3n) is 2.51. The molecule has 1 aliphatic heterocycles. The lowest BCUT2D eigenvalue weighted by Gasteiger charge is -2.43. The van der Waals surface area contributed by atoms with Crippen LogP contribution in [0.15, 0.2) is 0 Å². The molecule has 15 heavy (non-hydrogen) atoms. The summed E-state index contributed by atoms with van der Waals surface area (Å²) in [6.45, 7) is 0.197. The molecule has 5 atom stereocenters. The van der Waals surface area contributed by atoms with E-state index < -0.39 is 42.6 Å². The summed E-state index contributed by atoms with van der Waals surface area (Å²) in [5.41, 5.74) is 5.25. The molecule has 0 aromatic rings. The highest BCUT2D eigenvalue weighted by Crippen LogP contribution is 2.30. The minimum absolute atomic E-state index is 0.718. The Hall–Kier alpha value is -0.600. The van der Waals surface area contributed by atoms with Crippen molar-refractivity contribution < 1.29 is 29.2 Å². The molecule has 0 amide bonds. The van der Waals surface area contributed by atoms with Gasteiger partial charge in [0, 0.05) is 6.92 Å². The number of carbonyl (C=O) groups excluding carboxylic acids is 1. The van der Waals surface area contributed by atoms with E-state index in [1.807, 2.05) is 0 Å². The van der Waals surface area contributed by atoms with Crippen LogP contribution in [0.2, 0.25) is 0 Å². The SMILES string of the molecule is CC(=O)C1(F)O[C@H](CO)[C@@H](O)[C@H](O)[C@H]1N.